The molecule has 1 aromatic heterocycles. The molecule has 0 amide bonds. The first-order chi connectivity index (χ1) is 7.31. The Labute approximate surface area is 100 Å². The Morgan fingerprint density at radius 2 is 2.19 bits per heavy atom. The third kappa shape index (κ3) is 2.68. The van der Waals surface area contributed by atoms with Gasteiger partial charge in [-0.1, -0.05) is 0 Å². The number of hydrogen-bond donors (Lipinski definition) is 1. The number of ether oxygens (including phenoxy) is 1. The largest absolute Gasteiger partial charge is 0.465 e. The molecule has 1 unspecified atom stereocenters. The van der Waals surface area contributed by atoms with Crippen LogP contribution in [0.25, 0.3) is 0 Å². The summed E-state index contributed by atoms with van der Waals surface area (Å²) in [6.07, 6.45) is 5.21. The van der Waals surface area contributed by atoms with Gasteiger partial charge in [0.2, 0.25) is 0 Å². The van der Waals surface area contributed by atoms with Gasteiger partial charge in [-0.15, -0.1) is 12.4 Å². The zero-order valence-electron chi connectivity index (χ0n) is 8.97. The number of aromatic nitrogens is 2. The Bertz CT molecular complexity index is 350. The fourth-order valence-electron chi connectivity index (χ4n) is 1.65. The number of methoxy groups -OCH3 is 1. The average Bonchev–Trinajstić information content (AvgIpc) is 2.82. The number of rotatable bonds is 2. The minimum absolute atomic E-state index is 0. The van der Waals surface area contributed by atoms with Crippen molar-refractivity contribution in [3.05, 3.63) is 23.8 Å². The summed E-state index contributed by atoms with van der Waals surface area (Å²) in [7, 11) is 1.34. The minimum atomic E-state index is -0.402. The first-order valence-electron chi connectivity index (χ1n) is 4.95. The highest BCUT2D eigenvalue weighted by Gasteiger charge is 2.19. The Kier molecular flexibility index (Phi) is 4.64. The van der Waals surface area contributed by atoms with E-state index in [1.54, 1.807) is 0 Å². The smallest absolute Gasteiger partial charge is 0.341 e. The molecule has 0 bridgehead atoms. The van der Waals surface area contributed by atoms with Gasteiger partial charge in [-0.05, 0) is 19.4 Å². The predicted octanol–water partition coefficient (Wildman–Crippen LogP) is 1.11. The van der Waals surface area contributed by atoms with Crippen LogP contribution < -0.4 is 5.32 Å². The summed E-state index contributed by atoms with van der Waals surface area (Å²) < 4.78 is 4.57. The summed E-state index contributed by atoms with van der Waals surface area (Å²) in [4.78, 5) is 19.4. The molecule has 2 rings (SSSR count). The summed E-state index contributed by atoms with van der Waals surface area (Å²) in [5.74, 6) is 0.348. The maximum atomic E-state index is 11.1. The highest BCUT2D eigenvalue weighted by molar-refractivity contribution is 5.88. The molecule has 0 saturated carbocycles. The van der Waals surface area contributed by atoms with Crippen molar-refractivity contribution in [3.63, 3.8) is 0 Å². The van der Waals surface area contributed by atoms with Gasteiger partial charge in [-0.2, -0.15) is 0 Å². The van der Waals surface area contributed by atoms with Gasteiger partial charge in [0, 0.05) is 12.4 Å². The topological polar surface area (TPSA) is 64.1 Å². The van der Waals surface area contributed by atoms with Crippen molar-refractivity contribution in [2.75, 3.05) is 13.7 Å². The lowest BCUT2D eigenvalue weighted by Crippen LogP contribution is -2.16. The van der Waals surface area contributed by atoms with Crippen molar-refractivity contribution < 1.29 is 9.53 Å². The number of nitrogens with zero attached hydrogens (tertiary/aromatic N) is 2. The van der Waals surface area contributed by atoms with Crippen LogP contribution >= 0.6 is 12.4 Å². The molecule has 1 aromatic rings. The van der Waals surface area contributed by atoms with Crippen LogP contribution in [-0.4, -0.2) is 29.6 Å². The summed E-state index contributed by atoms with van der Waals surface area (Å²) in [6.45, 7) is 1.01. The first kappa shape index (κ1) is 12.9. The van der Waals surface area contributed by atoms with E-state index in [4.69, 9.17) is 0 Å². The van der Waals surface area contributed by atoms with Crippen LogP contribution in [0.1, 0.15) is 35.1 Å². The third-order valence-electron chi connectivity index (χ3n) is 2.46. The zero-order chi connectivity index (χ0) is 10.7. The molecule has 6 heteroatoms. The van der Waals surface area contributed by atoms with Crippen LogP contribution in [0.3, 0.4) is 0 Å². The molecule has 88 valence electrons. The fraction of sp³-hybridized carbons (Fsp3) is 0.500. The molecular weight excluding hydrogens is 230 g/mol. The lowest BCUT2D eigenvalue weighted by Gasteiger charge is -2.07. The number of nitrogens with one attached hydrogen (secondary N) is 1. The third-order valence-corrected chi connectivity index (χ3v) is 2.46. The van der Waals surface area contributed by atoms with Gasteiger partial charge in [-0.3, -0.25) is 0 Å². The van der Waals surface area contributed by atoms with Crippen LogP contribution in [0.2, 0.25) is 0 Å². The van der Waals surface area contributed by atoms with Crippen LogP contribution in [-0.2, 0) is 4.74 Å². The van der Waals surface area contributed by atoms with E-state index in [1.165, 1.54) is 19.5 Å². The van der Waals surface area contributed by atoms with Gasteiger partial charge in [0.25, 0.3) is 0 Å². The number of carbonyl (C=O) groups excluding carboxylic acids is 1. The lowest BCUT2D eigenvalue weighted by atomic mass is 10.2. The van der Waals surface area contributed by atoms with E-state index in [0.29, 0.717) is 5.56 Å². The minimum Gasteiger partial charge on any atom is -0.465 e. The van der Waals surface area contributed by atoms with Crippen LogP contribution in [0, 0.1) is 0 Å². The second kappa shape index (κ2) is 5.77. The van der Waals surface area contributed by atoms with E-state index in [1.807, 2.05) is 0 Å². The normalized spacial score (nSPS) is 18.9. The van der Waals surface area contributed by atoms with Crippen LogP contribution in [0.15, 0.2) is 12.4 Å². The Morgan fingerprint density at radius 1 is 1.50 bits per heavy atom. The van der Waals surface area contributed by atoms with Crippen molar-refractivity contribution in [3.8, 4) is 0 Å². The van der Waals surface area contributed by atoms with Gasteiger partial charge < -0.3 is 10.1 Å². The molecule has 5 nitrogen and oxygen atoms in total. The lowest BCUT2D eigenvalue weighted by molar-refractivity contribution is 0.0599. The number of carbonyl (C=O) groups is 1. The summed E-state index contributed by atoms with van der Waals surface area (Å²) in [6, 6.07) is 0.233. The number of halogens is 1. The van der Waals surface area contributed by atoms with Crippen molar-refractivity contribution in [1.29, 1.82) is 0 Å². The molecule has 1 aliphatic heterocycles. The Morgan fingerprint density at radius 3 is 2.69 bits per heavy atom. The maximum Gasteiger partial charge on any atom is 0.341 e. The molecule has 0 radical (unpaired) electrons. The highest BCUT2D eigenvalue weighted by atomic mass is 35.5. The van der Waals surface area contributed by atoms with Gasteiger partial charge in [-0.25, -0.2) is 14.8 Å². The zero-order valence-corrected chi connectivity index (χ0v) is 9.79. The quantitative estimate of drug-likeness (QED) is 0.789. The first-order valence-corrected chi connectivity index (χ1v) is 4.95. The number of esters is 1. The second-order valence-electron chi connectivity index (χ2n) is 3.47. The molecule has 1 atom stereocenters. The van der Waals surface area contributed by atoms with Gasteiger partial charge in [0.1, 0.15) is 5.82 Å². The molecule has 2 heterocycles. The summed E-state index contributed by atoms with van der Waals surface area (Å²) >= 11 is 0. The van der Waals surface area contributed by atoms with Gasteiger partial charge in [0.15, 0.2) is 0 Å². The fourth-order valence-corrected chi connectivity index (χ4v) is 1.65. The van der Waals surface area contributed by atoms with E-state index < -0.39 is 5.97 Å². The molecule has 0 spiro atoms. The van der Waals surface area contributed by atoms with Crippen molar-refractivity contribution in [2.24, 2.45) is 0 Å². The van der Waals surface area contributed by atoms with E-state index in [0.717, 1.165) is 25.2 Å². The average molecular weight is 244 g/mol. The molecule has 0 aromatic carbocycles. The van der Waals surface area contributed by atoms with Crippen molar-refractivity contribution in [2.45, 2.75) is 18.9 Å². The summed E-state index contributed by atoms with van der Waals surface area (Å²) in [5, 5.41) is 3.29. The molecular formula is C10H14ClN3O2. The number of hydrogen-bond acceptors (Lipinski definition) is 5. The van der Waals surface area contributed by atoms with Crippen LogP contribution in [0.5, 0.6) is 0 Å². The van der Waals surface area contributed by atoms with Crippen molar-refractivity contribution in [1.82, 2.24) is 15.3 Å². The standard InChI is InChI=1S/C10H13N3O2.ClH/c1-15-10(14)7-5-12-9(13-6-7)8-3-2-4-11-8;/h5-6,8,11H,2-4H2,1H3;1H. The predicted molar refractivity (Wildman–Crippen MR) is 60.6 cm³/mol. The molecule has 1 N–H and O–H groups in total. The highest BCUT2D eigenvalue weighted by Crippen LogP contribution is 2.19. The second-order valence-corrected chi connectivity index (χ2v) is 3.47. The molecule has 1 aliphatic rings. The van der Waals surface area contributed by atoms with Gasteiger partial charge >= 0.3 is 5.97 Å². The van der Waals surface area contributed by atoms with E-state index in [2.05, 4.69) is 20.0 Å². The Hall–Kier alpha value is -1.20. The molecule has 0 aliphatic carbocycles. The molecule has 1 saturated heterocycles. The maximum absolute atomic E-state index is 11.1. The van der Waals surface area contributed by atoms with E-state index >= 15 is 0 Å². The monoisotopic (exact) mass is 243 g/mol. The molecule has 16 heavy (non-hydrogen) atoms. The van der Waals surface area contributed by atoms with Gasteiger partial charge in [0.05, 0.1) is 18.7 Å². The SMILES string of the molecule is COC(=O)c1cnc(C2CCCN2)nc1.Cl. The summed E-state index contributed by atoms with van der Waals surface area (Å²) in [5.41, 5.74) is 0.388. The molecule has 1 fully saturated rings. The van der Waals surface area contributed by atoms with Crippen molar-refractivity contribution >= 4 is 18.4 Å². The van der Waals surface area contributed by atoms with E-state index in [-0.39, 0.29) is 18.4 Å². The van der Waals surface area contributed by atoms with Crippen LogP contribution in [0.4, 0.5) is 0 Å². The van der Waals surface area contributed by atoms with E-state index in [9.17, 15) is 4.79 Å². The Balaban J connectivity index is 0.00000128.